The summed E-state index contributed by atoms with van der Waals surface area (Å²) in [6, 6.07) is 7.57. The number of halogens is 3. The molecule has 194 valence electrons. The first-order valence-electron chi connectivity index (χ1n) is 10.8. The van der Waals surface area contributed by atoms with E-state index in [1.165, 1.54) is 18.2 Å². The van der Waals surface area contributed by atoms with Crippen LogP contribution in [0.1, 0.15) is 48.7 Å². The van der Waals surface area contributed by atoms with Gasteiger partial charge in [-0.25, -0.2) is 15.6 Å². The second-order valence-electron chi connectivity index (χ2n) is 9.24. The van der Waals surface area contributed by atoms with Crippen LogP contribution in [0, 0.1) is 5.41 Å². The van der Waals surface area contributed by atoms with Crippen molar-refractivity contribution in [1.29, 1.82) is 0 Å². The van der Waals surface area contributed by atoms with Crippen molar-refractivity contribution in [3.05, 3.63) is 59.2 Å². The zero-order valence-electron chi connectivity index (χ0n) is 19.9. The van der Waals surface area contributed by atoms with Crippen LogP contribution in [0.2, 0.25) is 0 Å². The van der Waals surface area contributed by atoms with E-state index in [9.17, 15) is 32.7 Å². The van der Waals surface area contributed by atoms with Crippen molar-refractivity contribution in [2.24, 2.45) is 16.3 Å². The van der Waals surface area contributed by atoms with Gasteiger partial charge in [-0.1, -0.05) is 32.9 Å². The number of nitrogens with two attached hydrogens (primary N) is 1. The third-order valence-corrected chi connectivity index (χ3v) is 4.77. The molecular weight excluding hydrogens is 479 g/mol. The van der Waals surface area contributed by atoms with Crippen LogP contribution in [0.5, 0.6) is 0 Å². The Morgan fingerprint density at radius 2 is 1.72 bits per heavy atom. The fraction of sp³-hybridized carbons (Fsp3) is 0.333. The largest absolute Gasteiger partial charge is 0.480 e. The summed E-state index contributed by atoms with van der Waals surface area (Å²) in [6.07, 6.45) is -3.55. The smallest absolute Gasteiger partial charge is 0.416 e. The number of rotatable bonds is 9. The number of aliphatic imine (C=N–C) groups is 1. The molecule has 0 radical (unpaired) electrons. The highest BCUT2D eigenvalue weighted by molar-refractivity contribution is 6.05. The number of alkyl halides is 3. The lowest BCUT2D eigenvalue weighted by Crippen LogP contribution is -2.43. The summed E-state index contributed by atoms with van der Waals surface area (Å²) < 4.78 is 39.7. The van der Waals surface area contributed by atoms with Gasteiger partial charge in [-0.3, -0.25) is 9.59 Å². The number of nitrogens with zero attached hydrogens (tertiary/aromatic N) is 1. The summed E-state index contributed by atoms with van der Waals surface area (Å²) in [5, 5.41) is 14.5. The van der Waals surface area contributed by atoms with Gasteiger partial charge >= 0.3 is 12.1 Å². The molecule has 2 aromatic rings. The van der Waals surface area contributed by atoms with Crippen molar-refractivity contribution >= 4 is 35.5 Å². The maximum absolute atomic E-state index is 13.2. The van der Waals surface area contributed by atoms with Gasteiger partial charge < -0.3 is 21.2 Å². The van der Waals surface area contributed by atoms with E-state index in [1.807, 2.05) is 20.8 Å². The van der Waals surface area contributed by atoms with Gasteiger partial charge in [0, 0.05) is 24.1 Å². The fourth-order valence-corrected chi connectivity index (χ4v) is 3.18. The molecule has 0 spiro atoms. The molecule has 0 saturated heterocycles. The topological polar surface area (TPSA) is 146 Å². The first-order chi connectivity index (χ1) is 16.7. The Morgan fingerprint density at radius 3 is 2.25 bits per heavy atom. The average Bonchev–Trinajstić information content (AvgIpc) is 2.76. The fourth-order valence-electron chi connectivity index (χ4n) is 3.18. The van der Waals surface area contributed by atoms with E-state index in [2.05, 4.69) is 21.1 Å². The molecule has 0 aliphatic carbocycles. The van der Waals surface area contributed by atoms with Crippen LogP contribution >= 0.6 is 0 Å². The zero-order valence-corrected chi connectivity index (χ0v) is 19.9. The molecule has 0 bridgehead atoms. The van der Waals surface area contributed by atoms with Gasteiger partial charge in [0.25, 0.3) is 5.91 Å². The lowest BCUT2D eigenvalue weighted by Gasteiger charge is -2.20. The van der Waals surface area contributed by atoms with Crippen molar-refractivity contribution < 1.29 is 32.7 Å². The number of hydrogen-bond acceptors (Lipinski definition) is 5. The third-order valence-electron chi connectivity index (χ3n) is 4.77. The SMILES string of the molecule is CC(C)(C)CC(=O)N[C@@H](Cc1ccc(NC(=O)c2cc(N=CNN)cc(C(F)(F)F)c2)cc1)C(=O)O. The first kappa shape index (κ1) is 28.3. The second-order valence-corrected chi connectivity index (χ2v) is 9.24. The standard InChI is InChI=1S/C24H28F3N5O4/c1-23(2,3)12-20(33)32-19(22(35)36)8-14-4-6-17(7-5-14)31-21(34)15-9-16(24(25,26)27)11-18(10-15)29-13-30-28/h4-7,9-11,13,19H,8,12,28H2,1-3H3,(H,29,30)(H,31,34)(H,32,33)(H,35,36)/t19-/m0/s1. The quantitative estimate of drug-likeness (QED) is 0.152. The average molecular weight is 508 g/mol. The molecule has 1 atom stereocenters. The highest BCUT2D eigenvalue weighted by Crippen LogP contribution is 2.33. The van der Waals surface area contributed by atoms with Gasteiger partial charge in [-0.15, -0.1) is 0 Å². The van der Waals surface area contributed by atoms with E-state index >= 15 is 0 Å². The maximum atomic E-state index is 13.2. The molecule has 0 heterocycles. The Kier molecular flexibility index (Phi) is 9.17. The van der Waals surface area contributed by atoms with Crippen LogP contribution in [0.3, 0.4) is 0 Å². The van der Waals surface area contributed by atoms with Crippen LogP contribution in [-0.2, 0) is 22.2 Å². The Bertz CT molecular complexity index is 1130. The number of carboxylic acids is 1. The Labute approximate surface area is 205 Å². The summed E-state index contributed by atoms with van der Waals surface area (Å²) in [7, 11) is 0. The van der Waals surface area contributed by atoms with E-state index in [0.29, 0.717) is 11.6 Å². The molecule has 36 heavy (non-hydrogen) atoms. The van der Waals surface area contributed by atoms with Crippen molar-refractivity contribution in [2.75, 3.05) is 5.32 Å². The second kappa shape index (κ2) is 11.7. The number of carbonyl (C=O) groups excluding carboxylic acids is 2. The highest BCUT2D eigenvalue weighted by Gasteiger charge is 2.32. The number of anilines is 1. The molecule has 6 N–H and O–H groups in total. The monoisotopic (exact) mass is 507 g/mol. The van der Waals surface area contributed by atoms with Crippen LogP contribution in [-0.4, -0.2) is 35.3 Å². The zero-order chi connectivity index (χ0) is 27.1. The molecule has 0 aromatic heterocycles. The minimum atomic E-state index is -4.69. The van der Waals surface area contributed by atoms with Gasteiger partial charge in [-0.05, 0) is 41.3 Å². The number of carbonyl (C=O) groups is 3. The molecule has 2 rings (SSSR count). The molecule has 0 unspecified atom stereocenters. The highest BCUT2D eigenvalue weighted by atomic mass is 19.4. The van der Waals surface area contributed by atoms with Gasteiger partial charge in [0.05, 0.1) is 11.3 Å². The summed E-state index contributed by atoms with van der Waals surface area (Å²) in [6.45, 7) is 5.58. The van der Waals surface area contributed by atoms with Crippen molar-refractivity contribution in [3.8, 4) is 0 Å². The Morgan fingerprint density at radius 1 is 1.08 bits per heavy atom. The lowest BCUT2D eigenvalue weighted by atomic mass is 9.91. The van der Waals surface area contributed by atoms with Crippen LogP contribution < -0.4 is 21.9 Å². The third kappa shape index (κ3) is 9.02. The van der Waals surface area contributed by atoms with Crippen molar-refractivity contribution in [3.63, 3.8) is 0 Å². The molecule has 2 amide bonds. The summed E-state index contributed by atoms with van der Waals surface area (Å²) in [5.74, 6) is 2.68. The van der Waals surface area contributed by atoms with Crippen molar-refractivity contribution in [2.45, 2.75) is 45.8 Å². The van der Waals surface area contributed by atoms with Gasteiger partial charge in [0.2, 0.25) is 5.91 Å². The molecule has 0 aliphatic heterocycles. The molecule has 12 heteroatoms. The van der Waals surface area contributed by atoms with Gasteiger partial charge in [0.1, 0.15) is 12.4 Å². The Balaban J connectivity index is 2.14. The summed E-state index contributed by atoms with van der Waals surface area (Å²) in [5.41, 5.74) is 1.16. The number of benzene rings is 2. The maximum Gasteiger partial charge on any atom is 0.416 e. The van der Waals surface area contributed by atoms with Crippen LogP contribution in [0.4, 0.5) is 24.5 Å². The number of carboxylic acid groups (broad SMARTS) is 1. The van der Waals surface area contributed by atoms with E-state index in [-0.39, 0.29) is 41.1 Å². The number of hydrogen-bond donors (Lipinski definition) is 5. The summed E-state index contributed by atoms with van der Waals surface area (Å²) >= 11 is 0. The molecule has 0 aliphatic rings. The number of hydrazine groups is 1. The van der Waals surface area contributed by atoms with Crippen LogP contribution in [0.15, 0.2) is 47.5 Å². The minimum absolute atomic E-state index is 0.00358. The van der Waals surface area contributed by atoms with Crippen LogP contribution in [0.25, 0.3) is 0 Å². The molecule has 2 aromatic carbocycles. The lowest BCUT2D eigenvalue weighted by molar-refractivity contribution is -0.142. The normalized spacial score (nSPS) is 12.8. The number of nitrogens with one attached hydrogen (secondary N) is 3. The number of amides is 2. The molecular formula is C24H28F3N5O4. The Hall–Kier alpha value is -3.93. The van der Waals surface area contributed by atoms with Gasteiger partial charge in [-0.2, -0.15) is 13.2 Å². The van der Waals surface area contributed by atoms with Gasteiger partial charge in [0.15, 0.2) is 0 Å². The first-order valence-corrected chi connectivity index (χ1v) is 10.8. The minimum Gasteiger partial charge on any atom is -0.480 e. The predicted octanol–water partition coefficient (Wildman–Crippen LogP) is 3.63. The van der Waals surface area contributed by atoms with Crippen molar-refractivity contribution in [1.82, 2.24) is 10.7 Å². The number of aliphatic carboxylic acids is 1. The summed E-state index contributed by atoms with van der Waals surface area (Å²) in [4.78, 5) is 40.1. The van der Waals surface area contributed by atoms with E-state index < -0.39 is 29.7 Å². The molecule has 9 nitrogen and oxygen atoms in total. The van der Waals surface area contributed by atoms with E-state index in [4.69, 9.17) is 5.84 Å². The molecule has 0 fully saturated rings. The van der Waals surface area contributed by atoms with E-state index in [0.717, 1.165) is 12.4 Å². The van der Waals surface area contributed by atoms with E-state index in [1.54, 1.807) is 12.1 Å². The predicted molar refractivity (Wildman–Crippen MR) is 129 cm³/mol. The molecule has 0 saturated carbocycles.